The van der Waals surface area contributed by atoms with Gasteiger partial charge in [0.1, 0.15) is 11.6 Å². The molecule has 166 valence electrons. The number of benzene rings is 4. The number of esters is 1. The molecule has 0 saturated heterocycles. The Labute approximate surface area is 195 Å². The molecule has 0 unspecified atom stereocenters. The lowest BCUT2D eigenvalue weighted by molar-refractivity contribution is -0.143. The lowest BCUT2D eigenvalue weighted by atomic mass is 9.77. The molecule has 0 aliphatic heterocycles. The first-order valence-electron chi connectivity index (χ1n) is 11.0. The quantitative estimate of drug-likeness (QED) is 0.224. The molecule has 33 heavy (non-hydrogen) atoms. The SMILES string of the molecule is COC(=O)[C@H](Cc1ccccc1)NNC(c1ccccc1)(c1ccccc1)c1ccccc1. The van der Waals surface area contributed by atoms with Gasteiger partial charge in [0, 0.05) is 0 Å². The zero-order valence-corrected chi connectivity index (χ0v) is 18.6. The van der Waals surface area contributed by atoms with E-state index in [1.807, 2.05) is 84.9 Å². The van der Waals surface area contributed by atoms with E-state index in [1.165, 1.54) is 7.11 Å². The van der Waals surface area contributed by atoms with Crippen LogP contribution in [0.25, 0.3) is 0 Å². The number of carbonyl (C=O) groups excluding carboxylic acids is 1. The molecule has 0 radical (unpaired) electrons. The molecule has 0 aliphatic carbocycles. The molecule has 0 heterocycles. The Morgan fingerprint density at radius 3 is 1.48 bits per heavy atom. The molecule has 0 amide bonds. The number of methoxy groups -OCH3 is 1. The highest BCUT2D eigenvalue weighted by atomic mass is 16.5. The van der Waals surface area contributed by atoms with E-state index in [0.29, 0.717) is 6.42 Å². The molecule has 0 saturated carbocycles. The Balaban J connectivity index is 1.78. The lowest BCUT2D eigenvalue weighted by Crippen LogP contribution is -2.57. The van der Waals surface area contributed by atoms with Crippen LogP contribution in [0.2, 0.25) is 0 Å². The van der Waals surface area contributed by atoms with Crippen molar-refractivity contribution in [3.05, 3.63) is 144 Å². The zero-order chi connectivity index (χ0) is 22.9. The van der Waals surface area contributed by atoms with Gasteiger partial charge in [0.25, 0.3) is 0 Å². The molecule has 2 N–H and O–H groups in total. The second-order valence-corrected chi connectivity index (χ2v) is 7.88. The second-order valence-electron chi connectivity index (χ2n) is 7.88. The molecule has 0 aromatic heterocycles. The van der Waals surface area contributed by atoms with Crippen molar-refractivity contribution >= 4 is 5.97 Å². The van der Waals surface area contributed by atoms with Crippen LogP contribution >= 0.6 is 0 Å². The Bertz CT molecular complexity index is 1040. The summed E-state index contributed by atoms with van der Waals surface area (Å²) in [5.41, 5.74) is 10.4. The van der Waals surface area contributed by atoms with Crippen molar-refractivity contribution in [1.29, 1.82) is 0 Å². The smallest absolute Gasteiger partial charge is 0.324 e. The van der Waals surface area contributed by atoms with Crippen molar-refractivity contribution in [1.82, 2.24) is 10.9 Å². The minimum atomic E-state index is -0.729. The monoisotopic (exact) mass is 436 g/mol. The van der Waals surface area contributed by atoms with Crippen molar-refractivity contribution in [3.63, 3.8) is 0 Å². The topological polar surface area (TPSA) is 50.4 Å². The third-order valence-electron chi connectivity index (χ3n) is 5.82. The molecule has 4 nitrogen and oxygen atoms in total. The molecule has 4 aromatic carbocycles. The van der Waals surface area contributed by atoms with Gasteiger partial charge in [-0.15, -0.1) is 0 Å². The molecule has 1 atom stereocenters. The summed E-state index contributed by atoms with van der Waals surface area (Å²) in [7, 11) is 1.42. The zero-order valence-electron chi connectivity index (χ0n) is 18.6. The summed E-state index contributed by atoms with van der Waals surface area (Å²) >= 11 is 0. The minimum Gasteiger partial charge on any atom is -0.468 e. The number of hydrogen-bond donors (Lipinski definition) is 2. The van der Waals surface area contributed by atoms with E-state index in [0.717, 1.165) is 22.3 Å². The van der Waals surface area contributed by atoms with Crippen LogP contribution in [0.15, 0.2) is 121 Å². The summed E-state index contributed by atoms with van der Waals surface area (Å²) in [4.78, 5) is 12.7. The number of ether oxygens (including phenoxy) is 1. The van der Waals surface area contributed by atoms with Crippen LogP contribution in [0.3, 0.4) is 0 Å². The first kappa shape index (κ1) is 22.5. The number of rotatable bonds is 9. The van der Waals surface area contributed by atoms with Crippen LogP contribution in [-0.4, -0.2) is 19.1 Å². The number of hydrazine groups is 1. The second kappa shape index (κ2) is 10.7. The maximum atomic E-state index is 12.7. The third-order valence-corrected chi connectivity index (χ3v) is 5.82. The van der Waals surface area contributed by atoms with Crippen LogP contribution in [0.5, 0.6) is 0 Å². The average Bonchev–Trinajstić information content (AvgIpc) is 2.90. The van der Waals surface area contributed by atoms with Gasteiger partial charge < -0.3 is 4.74 Å². The van der Waals surface area contributed by atoms with E-state index in [9.17, 15) is 4.79 Å². The molecule has 4 rings (SSSR count). The van der Waals surface area contributed by atoms with Gasteiger partial charge in [-0.2, -0.15) is 0 Å². The maximum absolute atomic E-state index is 12.7. The molecule has 0 fully saturated rings. The average molecular weight is 437 g/mol. The van der Waals surface area contributed by atoms with Gasteiger partial charge in [-0.1, -0.05) is 121 Å². The van der Waals surface area contributed by atoms with E-state index in [1.54, 1.807) is 0 Å². The maximum Gasteiger partial charge on any atom is 0.324 e. The summed E-state index contributed by atoms with van der Waals surface area (Å²) in [6.07, 6.45) is 0.495. The highest BCUT2D eigenvalue weighted by Gasteiger charge is 2.37. The number of nitrogens with one attached hydrogen (secondary N) is 2. The Hall–Kier alpha value is -3.73. The minimum absolute atomic E-state index is 0.325. The van der Waals surface area contributed by atoms with Crippen LogP contribution in [0, 0.1) is 0 Å². The molecular formula is C29H28N2O2. The van der Waals surface area contributed by atoms with Crippen molar-refractivity contribution in [2.75, 3.05) is 7.11 Å². The summed E-state index contributed by atoms with van der Waals surface area (Å²) in [5, 5.41) is 0. The summed E-state index contributed by atoms with van der Waals surface area (Å²) in [6, 6.07) is 40.1. The van der Waals surface area contributed by atoms with E-state index in [2.05, 4.69) is 47.2 Å². The summed E-state index contributed by atoms with van der Waals surface area (Å²) < 4.78 is 5.13. The van der Waals surface area contributed by atoms with E-state index >= 15 is 0 Å². The number of hydrogen-bond acceptors (Lipinski definition) is 4. The van der Waals surface area contributed by atoms with Crippen LogP contribution in [0.4, 0.5) is 0 Å². The standard InChI is InChI=1S/C29H28N2O2/c1-33-28(32)27(22-23-14-6-2-7-15-23)30-31-29(24-16-8-3-9-17-24,25-18-10-4-11-19-25)26-20-12-5-13-21-26/h2-21,27,30-31H,22H2,1H3/t27-/m0/s1. The van der Waals surface area contributed by atoms with Crippen LogP contribution in [-0.2, 0) is 21.5 Å². The molecular weight excluding hydrogens is 408 g/mol. The summed E-state index contributed by atoms with van der Waals surface area (Å²) in [6.45, 7) is 0. The lowest BCUT2D eigenvalue weighted by Gasteiger charge is -2.38. The van der Waals surface area contributed by atoms with Gasteiger partial charge in [0.15, 0.2) is 0 Å². The van der Waals surface area contributed by atoms with Crippen molar-refractivity contribution in [2.24, 2.45) is 0 Å². The third kappa shape index (κ3) is 5.03. The predicted molar refractivity (Wildman–Crippen MR) is 131 cm³/mol. The highest BCUT2D eigenvalue weighted by molar-refractivity contribution is 5.76. The normalized spacial score (nSPS) is 12.2. The molecule has 0 spiro atoms. The Kier molecular flexibility index (Phi) is 7.30. The van der Waals surface area contributed by atoms with Gasteiger partial charge in [0.2, 0.25) is 0 Å². The van der Waals surface area contributed by atoms with Gasteiger partial charge in [-0.3, -0.25) is 4.79 Å². The van der Waals surface area contributed by atoms with Crippen molar-refractivity contribution < 1.29 is 9.53 Å². The number of carbonyl (C=O) groups is 1. The first-order chi connectivity index (χ1) is 16.2. The van der Waals surface area contributed by atoms with Gasteiger partial charge >= 0.3 is 5.97 Å². The van der Waals surface area contributed by atoms with Crippen molar-refractivity contribution in [3.8, 4) is 0 Å². The fraction of sp³-hybridized carbons (Fsp3) is 0.138. The van der Waals surface area contributed by atoms with Crippen molar-refractivity contribution in [2.45, 2.75) is 18.0 Å². The first-order valence-corrected chi connectivity index (χ1v) is 11.0. The van der Waals surface area contributed by atoms with Gasteiger partial charge in [-0.05, 0) is 28.7 Å². The Morgan fingerprint density at radius 1 is 0.697 bits per heavy atom. The van der Waals surface area contributed by atoms with Gasteiger partial charge in [0.05, 0.1) is 7.11 Å². The van der Waals surface area contributed by atoms with E-state index < -0.39 is 11.6 Å². The van der Waals surface area contributed by atoms with E-state index in [4.69, 9.17) is 4.74 Å². The fourth-order valence-corrected chi connectivity index (χ4v) is 4.16. The predicted octanol–water partition coefficient (Wildman–Crippen LogP) is 4.86. The van der Waals surface area contributed by atoms with Crippen LogP contribution in [0.1, 0.15) is 22.3 Å². The Morgan fingerprint density at radius 2 is 1.09 bits per heavy atom. The molecule has 4 heteroatoms. The fourth-order valence-electron chi connectivity index (χ4n) is 4.16. The largest absolute Gasteiger partial charge is 0.468 e. The molecule has 4 aromatic rings. The van der Waals surface area contributed by atoms with E-state index in [-0.39, 0.29) is 5.97 Å². The molecule has 0 bridgehead atoms. The molecule has 0 aliphatic rings. The van der Waals surface area contributed by atoms with Crippen LogP contribution < -0.4 is 10.9 Å². The summed E-state index contributed by atoms with van der Waals surface area (Å²) in [5.74, 6) is -0.325. The highest BCUT2D eigenvalue weighted by Crippen LogP contribution is 2.36. The van der Waals surface area contributed by atoms with Gasteiger partial charge in [-0.25, -0.2) is 10.9 Å².